The van der Waals surface area contributed by atoms with Crippen molar-refractivity contribution >= 4 is 61.4 Å². The molecule has 2 unspecified atom stereocenters. The van der Waals surface area contributed by atoms with E-state index in [1.165, 1.54) is 59.8 Å². The Kier molecular flexibility index (Phi) is 5.75. The van der Waals surface area contributed by atoms with E-state index >= 15 is 0 Å². The second-order valence-electron chi connectivity index (χ2n) is 13.2. The van der Waals surface area contributed by atoms with Crippen LogP contribution in [0.5, 0.6) is 0 Å². The molecule has 1 aromatic heterocycles. The van der Waals surface area contributed by atoms with Crippen LogP contribution in [0.2, 0.25) is 0 Å². The van der Waals surface area contributed by atoms with Gasteiger partial charge >= 0.3 is 0 Å². The monoisotopic (exact) mass is 643 g/mol. The highest BCUT2D eigenvalue weighted by Crippen LogP contribution is 2.51. The smallest absolute Gasteiger partial charge is 0.143 e. The molecule has 11 rings (SSSR count). The van der Waals surface area contributed by atoms with Crippen molar-refractivity contribution in [3.05, 3.63) is 175 Å². The number of hydrogen-bond donors (Lipinski definition) is 0. The summed E-state index contributed by atoms with van der Waals surface area (Å²) in [7, 11) is 0. The fourth-order valence-corrected chi connectivity index (χ4v) is 9.49. The third-order valence-electron chi connectivity index (χ3n) is 10.6. The quantitative estimate of drug-likeness (QED) is 0.191. The van der Waals surface area contributed by atoms with Crippen LogP contribution < -0.4 is 4.90 Å². The molecule has 1 aliphatic carbocycles. The number of anilines is 2. The second-order valence-corrected chi connectivity index (χ2v) is 14.3. The summed E-state index contributed by atoms with van der Waals surface area (Å²) in [6, 6.07) is 53.2. The van der Waals surface area contributed by atoms with Crippen molar-refractivity contribution in [2.24, 2.45) is 0 Å². The van der Waals surface area contributed by atoms with E-state index in [4.69, 9.17) is 4.42 Å². The van der Waals surface area contributed by atoms with E-state index in [9.17, 15) is 0 Å². The van der Waals surface area contributed by atoms with Crippen LogP contribution in [0.4, 0.5) is 11.4 Å². The highest BCUT2D eigenvalue weighted by atomic mass is 32.2. The first kappa shape index (κ1) is 27.2. The number of allylic oxidation sites excluding steroid dienone is 2. The van der Waals surface area contributed by atoms with Gasteiger partial charge in [0, 0.05) is 48.8 Å². The molecule has 3 heterocycles. The molecule has 0 fully saturated rings. The average Bonchev–Trinajstić information content (AvgIpc) is 3.71. The topological polar surface area (TPSA) is 16.4 Å². The number of fused-ring (bicyclic) bond motifs is 8. The van der Waals surface area contributed by atoms with E-state index in [2.05, 4.69) is 157 Å². The van der Waals surface area contributed by atoms with Gasteiger partial charge < -0.3 is 9.32 Å². The van der Waals surface area contributed by atoms with E-state index in [0.717, 1.165) is 33.1 Å². The van der Waals surface area contributed by atoms with Gasteiger partial charge in [0.2, 0.25) is 0 Å². The lowest BCUT2D eigenvalue weighted by Gasteiger charge is -2.30. The first-order chi connectivity index (χ1) is 24.3. The van der Waals surface area contributed by atoms with Crippen LogP contribution in [0.1, 0.15) is 17.0 Å². The molecule has 3 heteroatoms. The fraction of sp³-hybridized carbons (Fsp3) is 0.0435. The first-order valence-corrected chi connectivity index (χ1v) is 17.7. The SMILES string of the molecule is C1=CC2C(C=C1c1ccc3c(c1)-c1cccc4cccc(c14)S3)c1ccccc1N2c1ccc(-c2cccc3c2oc2ccccc23)cc1. The van der Waals surface area contributed by atoms with Crippen molar-refractivity contribution in [3.8, 4) is 22.3 Å². The molecule has 49 heavy (non-hydrogen) atoms. The Bertz CT molecular complexity index is 2710. The van der Waals surface area contributed by atoms with Crippen LogP contribution in [0.3, 0.4) is 0 Å². The minimum Gasteiger partial charge on any atom is -0.455 e. The summed E-state index contributed by atoms with van der Waals surface area (Å²) in [5, 5.41) is 4.99. The van der Waals surface area contributed by atoms with E-state index in [1.54, 1.807) is 0 Å². The highest BCUT2D eigenvalue weighted by Gasteiger charge is 2.38. The standard InChI is InChI=1S/C46H29NOS/c1-3-15-40-34(10-1)38-26-30(31-21-25-43-39(27-31)36-13-5-8-29-9-6-17-44(49-43)45(29)36)20-24-41(38)47(40)32-22-18-28(19-23-32)33-12-7-14-37-35-11-2-4-16-42(35)48-46(33)37/h1-27,38,41H. The predicted molar refractivity (Wildman–Crippen MR) is 205 cm³/mol. The third-order valence-corrected chi connectivity index (χ3v) is 11.7. The Morgan fingerprint density at radius 1 is 0.592 bits per heavy atom. The maximum absolute atomic E-state index is 6.37. The summed E-state index contributed by atoms with van der Waals surface area (Å²) in [6.45, 7) is 0. The normalized spacial score (nSPS) is 17.3. The number of benzene rings is 7. The summed E-state index contributed by atoms with van der Waals surface area (Å²) in [4.78, 5) is 5.18. The molecule has 0 amide bonds. The molecule has 2 aliphatic heterocycles. The van der Waals surface area contributed by atoms with Crippen LogP contribution in [0.25, 0.3) is 60.5 Å². The molecule has 2 atom stereocenters. The lowest BCUT2D eigenvalue weighted by Crippen LogP contribution is -2.28. The molecule has 7 aromatic carbocycles. The molecule has 230 valence electrons. The lowest BCUT2D eigenvalue weighted by atomic mass is 9.85. The number of rotatable bonds is 3. The van der Waals surface area contributed by atoms with Gasteiger partial charge in [0.15, 0.2) is 0 Å². The minimum atomic E-state index is 0.208. The van der Waals surface area contributed by atoms with E-state index < -0.39 is 0 Å². The molecule has 0 saturated carbocycles. The Balaban J connectivity index is 0.955. The van der Waals surface area contributed by atoms with Crippen molar-refractivity contribution in [3.63, 3.8) is 0 Å². The molecule has 0 N–H and O–H groups in total. The van der Waals surface area contributed by atoms with Crippen LogP contribution in [0, 0.1) is 0 Å². The zero-order valence-corrected chi connectivity index (χ0v) is 27.3. The number of furan rings is 1. The van der Waals surface area contributed by atoms with Gasteiger partial charge in [0.1, 0.15) is 11.2 Å². The highest BCUT2D eigenvalue weighted by molar-refractivity contribution is 7.99. The van der Waals surface area contributed by atoms with E-state index in [0.29, 0.717) is 0 Å². The Morgan fingerprint density at radius 2 is 1.37 bits per heavy atom. The Morgan fingerprint density at radius 3 is 2.31 bits per heavy atom. The summed E-state index contributed by atoms with van der Waals surface area (Å²) in [6.07, 6.45) is 7.24. The summed E-state index contributed by atoms with van der Waals surface area (Å²) in [5.41, 5.74) is 13.2. The second kappa shape index (κ2) is 10.4. The van der Waals surface area contributed by atoms with Crippen LogP contribution in [0.15, 0.2) is 178 Å². The summed E-state index contributed by atoms with van der Waals surface area (Å²) in [5.74, 6) is 0.259. The van der Waals surface area contributed by atoms with E-state index in [-0.39, 0.29) is 12.0 Å². The zero-order chi connectivity index (χ0) is 32.1. The molecular weight excluding hydrogens is 615 g/mol. The molecule has 0 saturated heterocycles. The third kappa shape index (κ3) is 4.03. The van der Waals surface area contributed by atoms with Gasteiger partial charge in [-0.3, -0.25) is 0 Å². The maximum atomic E-state index is 6.37. The minimum absolute atomic E-state index is 0.208. The van der Waals surface area contributed by atoms with Crippen molar-refractivity contribution in [1.82, 2.24) is 0 Å². The van der Waals surface area contributed by atoms with Crippen LogP contribution in [-0.2, 0) is 0 Å². The predicted octanol–water partition coefficient (Wildman–Crippen LogP) is 12.8. The van der Waals surface area contributed by atoms with Gasteiger partial charge in [-0.05, 0) is 81.2 Å². The number of para-hydroxylation sites is 3. The molecule has 0 radical (unpaired) electrons. The number of nitrogens with zero attached hydrogens (tertiary/aromatic N) is 1. The number of hydrogen-bond acceptors (Lipinski definition) is 3. The lowest BCUT2D eigenvalue weighted by molar-refractivity contribution is 0.670. The van der Waals surface area contributed by atoms with Crippen LogP contribution >= 0.6 is 11.8 Å². The van der Waals surface area contributed by atoms with E-state index in [1.807, 2.05) is 23.9 Å². The average molecular weight is 644 g/mol. The fourth-order valence-electron chi connectivity index (χ4n) is 8.36. The van der Waals surface area contributed by atoms with Crippen molar-refractivity contribution in [1.29, 1.82) is 0 Å². The van der Waals surface area contributed by atoms with Gasteiger partial charge in [-0.25, -0.2) is 0 Å². The van der Waals surface area contributed by atoms with Gasteiger partial charge in [0.25, 0.3) is 0 Å². The van der Waals surface area contributed by atoms with Crippen molar-refractivity contribution < 1.29 is 4.42 Å². The van der Waals surface area contributed by atoms with Crippen molar-refractivity contribution in [2.75, 3.05) is 4.90 Å². The molecule has 2 nitrogen and oxygen atoms in total. The Labute approximate surface area is 288 Å². The van der Waals surface area contributed by atoms with Gasteiger partial charge in [-0.15, -0.1) is 0 Å². The van der Waals surface area contributed by atoms with Crippen LogP contribution in [-0.4, -0.2) is 6.04 Å². The van der Waals surface area contributed by atoms with Crippen molar-refractivity contribution in [2.45, 2.75) is 21.8 Å². The molecule has 3 aliphatic rings. The largest absolute Gasteiger partial charge is 0.455 e. The molecule has 8 aromatic rings. The summed E-state index contributed by atoms with van der Waals surface area (Å²) >= 11 is 1.89. The van der Waals surface area contributed by atoms with Gasteiger partial charge in [-0.1, -0.05) is 133 Å². The first-order valence-electron chi connectivity index (χ1n) is 16.9. The van der Waals surface area contributed by atoms with Gasteiger partial charge in [0.05, 0.1) is 6.04 Å². The Hall–Kier alpha value is -5.77. The zero-order valence-electron chi connectivity index (χ0n) is 26.5. The summed E-state index contributed by atoms with van der Waals surface area (Å²) < 4.78 is 6.37. The maximum Gasteiger partial charge on any atom is 0.143 e. The molecule has 0 spiro atoms. The molecular formula is C46H29NOS. The molecule has 0 bridgehead atoms. The van der Waals surface area contributed by atoms with Gasteiger partial charge in [-0.2, -0.15) is 0 Å².